The number of halogens is 2. The molecule has 0 spiro atoms. The summed E-state index contributed by atoms with van der Waals surface area (Å²) in [6.45, 7) is 0. The smallest absolute Gasteiger partial charge is 0.232 e. The lowest BCUT2D eigenvalue weighted by Crippen LogP contribution is -1.97. The fourth-order valence-corrected chi connectivity index (χ4v) is 2.45. The van der Waals surface area contributed by atoms with Crippen LogP contribution in [0.25, 0.3) is 6.08 Å². The quantitative estimate of drug-likeness (QED) is 0.717. The Labute approximate surface area is 120 Å². The molecule has 0 saturated carbocycles. The van der Waals surface area contributed by atoms with Crippen molar-refractivity contribution in [3.8, 4) is 5.75 Å². The van der Waals surface area contributed by atoms with Gasteiger partial charge in [-0.05, 0) is 23.8 Å². The number of fused-ring (bicyclic) bond motifs is 1. The predicted octanol–water partition coefficient (Wildman–Crippen LogP) is 4.61. The van der Waals surface area contributed by atoms with Crippen LogP contribution < -0.4 is 4.74 Å². The monoisotopic (exact) mass is 290 g/mol. The summed E-state index contributed by atoms with van der Waals surface area (Å²) in [4.78, 5) is 12.2. The molecule has 0 aromatic heterocycles. The number of rotatable bonds is 1. The predicted molar refractivity (Wildman–Crippen MR) is 75.8 cm³/mol. The van der Waals surface area contributed by atoms with Crippen LogP contribution in [0.15, 0.2) is 48.2 Å². The second-order valence-electron chi connectivity index (χ2n) is 4.11. The normalized spacial score (nSPS) is 15.5. The van der Waals surface area contributed by atoms with E-state index < -0.39 is 0 Å². The number of carbonyl (C=O) groups excluding carboxylic acids is 1. The van der Waals surface area contributed by atoms with Crippen molar-refractivity contribution >= 4 is 35.1 Å². The van der Waals surface area contributed by atoms with Gasteiger partial charge in [-0.25, -0.2) is 0 Å². The van der Waals surface area contributed by atoms with E-state index in [1.54, 1.807) is 18.2 Å². The van der Waals surface area contributed by atoms with E-state index in [1.807, 2.05) is 30.3 Å². The topological polar surface area (TPSA) is 26.3 Å². The maximum absolute atomic E-state index is 12.2. The number of Topliss-reactive ketones (excluding diaryl/α,β-unsaturated/α-hetero) is 1. The van der Waals surface area contributed by atoms with E-state index in [0.29, 0.717) is 21.4 Å². The van der Waals surface area contributed by atoms with Gasteiger partial charge < -0.3 is 4.74 Å². The molecule has 2 nitrogen and oxygen atoms in total. The van der Waals surface area contributed by atoms with Crippen molar-refractivity contribution in [1.29, 1.82) is 0 Å². The second kappa shape index (κ2) is 4.72. The molecule has 1 aliphatic rings. The zero-order chi connectivity index (χ0) is 13.4. The van der Waals surface area contributed by atoms with Gasteiger partial charge in [-0.2, -0.15) is 0 Å². The van der Waals surface area contributed by atoms with Crippen LogP contribution in [0.1, 0.15) is 15.9 Å². The van der Waals surface area contributed by atoms with Gasteiger partial charge in [0.2, 0.25) is 5.78 Å². The van der Waals surface area contributed by atoms with Gasteiger partial charge in [-0.15, -0.1) is 0 Å². The van der Waals surface area contributed by atoms with Gasteiger partial charge in [0.05, 0.1) is 10.6 Å². The van der Waals surface area contributed by atoms with Crippen LogP contribution in [0, 0.1) is 0 Å². The summed E-state index contributed by atoms with van der Waals surface area (Å²) in [6, 6.07) is 12.6. The van der Waals surface area contributed by atoms with Crippen molar-refractivity contribution < 1.29 is 9.53 Å². The molecule has 0 aliphatic carbocycles. The van der Waals surface area contributed by atoms with Crippen LogP contribution in [0.4, 0.5) is 0 Å². The zero-order valence-corrected chi connectivity index (χ0v) is 11.2. The average molecular weight is 291 g/mol. The second-order valence-corrected chi connectivity index (χ2v) is 4.96. The highest BCUT2D eigenvalue weighted by atomic mass is 35.5. The Morgan fingerprint density at radius 3 is 2.53 bits per heavy atom. The Bertz CT molecular complexity index is 691. The standard InChI is InChI=1S/C15H8Cl2O2/c16-10-7-11-14(18)13(19-15(11)12(17)8-10)6-9-4-2-1-3-5-9/h1-8H. The highest BCUT2D eigenvalue weighted by molar-refractivity contribution is 6.37. The van der Waals surface area contributed by atoms with Crippen molar-refractivity contribution in [3.63, 3.8) is 0 Å². The van der Waals surface area contributed by atoms with Crippen molar-refractivity contribution in [2.75, 3.05) is 0 Å². The van der Waals surface area contributed by atoms with Gasteiger partial charge in [-0.1, -0.05) is 53.5 Å². The Kier molecular flexibility index (Phi) is 3.05. The van der Waals surface area contributed by atoms with Crippen LogP contribution in [0.3, 0.4) is 0 Å². The summed E-state index contributed by atoms with van der Waals surface area (Å²) < 4.78 is 5.53. The Hall–Kier alpha value is -1.77. The van der Waals surface area contributed by atoms with Gasteiger partial charge in [-0.3, -0.25) is 4.79 Å². The van der Waals surface area contributed by atoms with Crippen molar-refractivity contribution in [3.05, 3.63) is 69.4 Å². The minimum absolute atomic E-state index is 0.205. The number of allylic oxidation sites excluding steroid dienone is 1. The third-order valence-electron chi connectivity index (χ3n) is 2.79. The molecule has 0 amide bonds. The van der Waals surface area contributed by atoms with Crippen LogP contribution in [0.5, 0.6) is 5.75 Å². The lowest BCUT2D eigenvalue weighted by Gasteiger charge is -2.01. The lowest BCUT2D eigenvalue weighted by molar-refractivity contribution is 0.101. The molecule has 2 aromatic carbocycles. The molecule has 0 N–H and O–H groups in total. The molecule has 0 saturated heterocycles. The molecule has 3 rings (SSSR count). The number of hydrogen-bond donors (Lipinski definition) is 0. The molecule has 19 heavy (non-hydrogen) atoms. The number of carbonyl (C=O) groups is 1. The number of benzene rings is 2. The largest absolute Gasteiger partial charge is 0.451 e. The Balaban J connectivity index is 2.05. The van der Waals surface area contributed by atoms with Gasteiger partial charge in [0.25, 0.3) is 0 Å². The molecule has 0 bridgehead atoms. The first kappa shape index (κ1) is 12.3. The van der Waals surface area contributed by atoms with Gasteiger partial charge in [0, 0.05) is 5.02 Å². The lowest BCUT2D eigenvalue weighted by atomic mass is 10.1. The zero-order valence-electron chi connectivity index (χ0n) is 9.69. The molecule has 1 heterocycles. The van der Waals surface area contributed by atoms with Gasteiger partial charge >= 0.3 is 0 Å². The Morgan fingerprint density at radius 1 is 1.05 bits per heavy atom. The average Bonchev–Trinajstić information content (AvgIpc) is 2.69. The summed E-state index contributed by atoms with van der Waals surface area (Å²) >= 11 is 11.9. The first-order valence-electron chi connectivity index (χ1n) is 5.63. The fraction of sp³-hybridized carbons (Fsp3) is 0. The van der Waals surface area contributed by atoms with Crippen LogP contribution in [0.2, 0.25) is 10.0 Å². The number of ketones is 1. The van der Waals surface area contributed by atoms with Crippen molar-refractivity contribution in [1.82, 2.24) is 0 Å². The third kappa shape index (κ3) is 2.25. The van der Waals surface area contributed by atoms with Crippen molar-refractivity contribution in [2.45, 2.75) is 0 Å². The molecular formula is C15H8Cl2O2. The highest BCUT2D eigenvalue weighted by Gasteiger charge is 2.29. The maximum Gasteiger partial charge on any atom is 0.232 e. The van der Waals surface area contributed by atoms with Crippen molar-refractivity contribution in [2.24, 2.45) is 0 Å². The first-order chi connectivity index (χ1) is 9.15. The van der Waals surface area contributed by atoms with E-state index in [-0.39, 0.29) is 11.5 Å². The molecule has 0 atom stereocenters. The number of ether oxygens (including phenoxy) is 1. The highest BCUT2D eigenvalue weighted by Crippen LogP contribution is 2.39. The molecule has 0 radical (unpaired) electrons. The summed E-state index contributed by atoms with van der Waals surface area (Å²) in [5, 5.41) is 0.758. The van der Waals surface area contributed by atoms with E-state index in [9.17, 15) is 4.79 Å². The van der Waals surface area contributed by atoms with Crippen LogP contribution in [-0.2, 0) is 0 Å². The minimum Gasteiger partial charge on any atom is -0.451 e. The SMILES string of the molecule is O=C1C(=Cc2ccccc2)Oc2c(Cl)cc(Cl)cc21. The Morgan fingerprint density at radius 2 is 1.79 bits per heavy atom. The molecule has 0 fully saturated rings. The molecule has 94 valence electrons. The first-order valence-corrected chi connectivity index (χ1v) is 6.39. The number of hydrogen-bond acceptors (Lipinski definition) is 2. The summed E-state index contributed by atoms with van der Waals surface area (Å²) in [5.41, 5.74) is 1.29. The summed E-state index contributed by atoms with van der Waals surface area (Å²) in [5.74, 6) is 0.423. The fourth-order valence-electron chi connectivity index (χ4n) is 1.92. The molecule has 2 aromatic rings. The van der Waals surface area contributed by atoms with E-state index in [2.05, 4.69) is 0 Å². The molecule has 1 aliphatic heterocycles. The third-order valence-corrected chi connectivity index (χ3v) is 3.29. The maximum atomic E-state index is 12.2. The summed E-state index contributed by atoms with van der Waals surface area (Å²) in [6.07, 6.45) is 1.69. The van der Waals surface area contributed by atoms with Crippen LogP contribution >= 0.6 is 23.2 Å². The summed E-state index contributed by atoms with van der Waals surface area (Å²) in [7, 11) is 0. The van der Waals surface area contributed by atoms with E-state index in [0.717, 1.165) is 5.56 Å². The van der Waals surface area contributed by atoms with E-state index in [1.165, 1.54) is 0 Å². The molecule has 0 unspecified atom stereocenters. The van der Waals surface area contributed by atoms with Gasteiger partial charge in [0.1, 0.15) is 0 Å². The molecule has 4 heteroatoms. The minimum atomic E-state index is -0.205. The van der Waals surface area contributed by atoms with Crippen LogP contribution in [-0.4, -0.2) is 5.78 Å². The van der Waals surface area contributed by atoms with Gasteiger partial charge in [0.15, 0.2) is 11.5 Å². The van der Waals surface area contributed by atoms with E-state index >= 15 is 0 Å². The van der Waals surface area contributed by atoms with E-state index in [4.69, 9.17) is 27.9 Å². The molecular weight excluding hydrogens is 283 g/mol.